The highest BCUT2D eigenvalue weighted by molar-refractivity contribution is 5.69. The van der Waals surface area contributed by atoms with E-state index >= 15 is 0 Å². The average Bonchev–Trinajstić information content (AvgIpc) is 2.70. The van der Waals surface area contributed by atoms with Crippen LogP contribution in [-0.2, 0) is 16.1 Å². The lowest BCUT2D eigenvalue weighted by Gasteiger charge is -2.05. The Labute approximate surface area is 106 Å². The molecule has 1 N–H and O–H groups in total. The Balaban J connectivity index is 1.99. The summed E-state index contributed by atoms with van der Waals surface area (Å²) in [6.07, 6.45) is 2.37. The van der Waals surface area contributed by atoms with Crippen LogP contribution in [0.5, 0.6) is 0 Å². The predicted octanol–water partition coefficient (Wildman–Crippen LogP) is 1.30. The molecule has 5 heteroatoms. The molecule has 0 spiro atoms. The van der Waals surface area contributed by atoms with Crippen molar-refractivity contribution >= 4 is 11.6 Å². The summed E-state index contributed by atoms with van der Waals surface area (Å²) in [5.41, 5.74) is 3.07. The normalized spacial score (nSPS) is 10.8. The van der Waals surface area contributed by atoms with E-state index in [0.717, 1.165) is 17.0 Å². The summed E-state index contributed by atoms with van der Waals surface area (Å²) in [7, 11) is 1.40. The summed E-state index contributed by atoms with van der Waals surface area (Å²) in [5, 5.41) is 3.22. The summed E-state index contributed by atoms with van der Waals surface area (Å²) in [6, 6.07) is 5.92. The number of nitrogens with zero attached hydrogens (tertiary/aromatic N) is 2. The fourth-order valence-corrected chi connectivity index (χ4v) is 1.88. The van der Waals surface area contributed by atoms with Gasteiger partial charge in [-0.2, -0.15) is 0 Å². The van der Waals surface area contributed by atoms with Gasteiger partial charge in [-0.3, -0.25) is 4.79 Å². The molecule has 0 saturated heterocycles. The minimum atomic E-state index is -0.197. The molecule has 96 valence electrons. The van der Waals surface area contributed by atoms with Crippen molar-refractivity contribution in [2.75, 3.05) is 13.7 Å². The quantitative estimate of drug-likeness (QED) is 0.639. The van der Waals surface area contributed by atoms with Crippen LogP contribution in [0.2, 0.25) is 0 Å². The van der Waals surface area contributed by atoms with Crippen LogP contribution in [0.4, 0.5) is 0 Å². The van der Waals surface area contributed by atoms with Gasteiger partial charge >= 0.3 is 5.97 Å². The van der Waals surface area contributed by atoms with Crippen molar-refractivity contribution in [3.05, 3.63) is 35.8 Å². The largest absolute Gasteiger partial charge is 0.469 e. The molecule has 0 bridgehead atoms. The number of aryl methyl sites for hydroxylation is 1. The highest BCUT2D eigenvalue weighted by Crippen LogP contribution is 2.11. The smallest absolute Gasteiger partial charge is 0.306 e. The lowest BCUT2D eigenvalue weighted by atomic mass is 10.3. The summed E-state index contributed by atoms with van der Waals surface area (Å²) in [5.74, 6) is -0.197. The van der Waals surface area contributed by atoms with E-state index in [2.05, 4.69) is 19.4 Å². The maximum Gasteiger partial charge on any atom is 0.306 e. The first-order valence-corrected chi connectivity index (χ1v) is 5.92. The van der Waals surface area contributed by atoms with Gasteiger partial charge in [0.05, 0.1) is 24.9 Å². The van der Waals surface area contributed by atoms with Gasteiger partial charge < -0.3 is 14.5 Å². The summed E-state index contributed by atoms with van der Waals surface area (Å²) in [6.45, 7) is 3.28. The molecule has 0 aliphatic rings. The van der Waals surface area contributed by atoms with E-state index in [9.17, 15) is 4.79 Å². The maximum atomic E-state index is 11.0. The monoisotopic (exact) mass is 247 g/mol. The first-order chi connectivity index (χ1) is 8.72. The van der Waals surface area contributed by atoms with Gasteiger partial charge in [-0.1, -0.05) is 6.07 Å². The number of pyridine rings is 1. The summed E-state index contributed by atoms with van der Waals surface area (Å²) < 4.78 is 6.64. The van der Waals surface area contributed by atoms with Gasteiger partial charge in [0.15, 0.2) is 0 Å². The third-order valence-electron chi connectivity index (χ3n) is 2.86. The fourth-order valence-electron chi connectivity index (χ4n) is 1.88. The minimum Gasteiger partial charge on any atom is -0.469 e. The summed E-state index contributed by atoms with van der Waals surface area (Å²) in [4.78, 5) is 15.4. The number of carbonyl (C=O) groups is 1. The zero-order valence-corrected chi connectivity index (χ0v) is 10.6. The molecule has 0 fully saturated rings. The molecule has 0 saturated carbocycles. The molecule has 2 heterocycles. The number of imidazole rings is 1. The molecule has 5 nitrogen and oxygen atoms in total. The molecule has 0 aromatic carbocycles. The van der Waals surface area contributed by atoms with Gasteiger partial charge in [-0.05, 0) is 19.1 Å². The number of rotatable bonds is 5. The van der Waals surface area contributed by atoms with Gasteiger partial charge in [0.2, 0.25) is 0 Å². The van der Waals surface area contributed by atoms with E-state index in [1.165, 1.54) is 7.11 Å². The van der Waals surface area contributed by atoms with Crippen LogP contribution in [0.3, 0.4) is 0 Å². The van der Waals surface area contributed by atoms with E-state index in [1.807, 2.05) is 31.3 Å². The van der Waals surface area contributed by atoms with Crippen LogP contribution in [0, 0.1) is 6.92 Å². The van der Waals surface area contributed by atoms with Crippen LogP contribution >= 0.6 is 0 Å². The minimum absolute atomic E-state index is 0.197. The van der Waals surface area contributed by atoms with Crippen LogP contribution in [0.1, 0.15) is 17.8 Å². The van der Waals surface area contributed by atoms with E-state index in [-0.39, 0.29) is 5.97 Å². The van der Waals surface area contributed by atoms with Crippen molar-refractivity contribution in [2.24, 2.45) is 0 Å². The van der Waals surface area contributed by atoms with Crippen molar-refractivity contribution in [3.63, 3.8) is 0 Å². The van der Waals surface area contributed by atoms with E-state index in [0.29, 0.717) is 19.5 Å². The third-order valence-corrected chi connectivity index (χ3v) is 2.86. The molecule has 0 radical (unpaired) electrons. The highest BCUT2D eigenvalue weighted by Gasteiger charge is 2.07. The standard InChI is InChI=1S/C13H17N3O2/c1-10-11(9-14-7-6-13(17)18-2)16-8-4-3-5-12(16)15-10/h3-5,8,14H,6-7,9H2,1-2H3. The molecule has 0 atom stereocenters. The first-order valence-electron chi connectivity index (χ1n) is 5.92. The number of hydrogen-bond donors (Lipinski definition) is 1. The zero-order chi connectivity index (χ0) is 13.0. The molecule has 2 rings (SSSR count). The lowest BCUT2D eigenvalue weighted by molar-refractivity contribution is -0.140. The maximum absolute atomic E-state index is 11.0. The first kappa shape index (κ1) is 12.6. The van der Waals surface area contributed by atoms with Gasteiger partial charge in [-0.25, -0.2) is 4.98 Å². The van der Waals surface area contributed by atoms with Crippen molar-refractivity contribution in [1.29, 1.82) is 0 Å². The van der Waals surface area contributed by atoms with E-state index in [1.54, 1.807) is 0 Å². The molecule has 0 amide bonds. The number of hydrogen-bond acceptors (Lipinski definition) is 4. The van der Waals surface area contributed by atoms with Crippen molar-refractivity contribution < 1.29 is 9.53 Å². The number of esters is 1. The number of carbonyl (C=O) groups excluding carboxylic acids is 1. The Hall–Kier alpha value is -1.88. The Morgan fingerprint density at radius 2 is 2.33 bits per heavy atom. The highest BCUT2D eigenvalue weighted by atomic mass is 16.5. The number of fused-ring (bicyclic) bond motifs is 1. The number of aromatic nitrogens is 2. The molecular weight excluding hydrogens is 230 g/mol. The van der Waals surface area contributed by atoms with Crippen molar-refractivity contribution in [1.82, 2.24) is 14.7 Å². The van der Waals surface area contributed by atoms with Crippen LogP contribution < -0.4 is 5.32 Å². The van der Waals surface area contributed by atoms with Crippen molar-refractivity contribution in [2.45, 2.75) is 19.9 Å². The fraction of sp³-hybridized carbons (Fsp3) is 0.385. The second-order valence-corrected chi connectivity index (χ2v) is 4.08. The van der Waals surface area contributed by atoms with Gasteiger partial charge in [0, 0.05) is 19.3 Å². The van der Waals surface area contributed by atoms with Gasteiger partial charge in [0.1, 0.15) is 5.65 Å². The van der Waals surface area contributed by atoms with Gasteiger partial charge in [0.25, 0.3) is 0 Å². The molecular formula is C13H17N3O2. The number of ether oxygens (including phenoxy) is 1. The average molecular weight is 247 g/mol. The van der Waals surface area contributed by atoms with E-state index in [4.69, 9.17) is 0 Å². The second kappa shape index (κ2) is 5.64. The molecule has 2 aromatic rings. The van der Waals surface area contributed by atoms with Crippen LogP contribution in [0.25, 0.3) is 5.65 Å². The van der Waals surface area contributed by atoms with Crippen molar-refractivity contribution in [3.8, 4) is 0 Å². The lowest BCUT2D eigenvalue weighted by Crippen LogP contribution is -2.19. The topological polar surface area (TPSA) is 55.6 Å². The number of nitrogens with one attached hydrogen (secondary N) is 1. The Kier molecular flexibility index (Phi) is 3.94. The predicted molar refractivity (Wildman–Crippen MR) is 68.3 cm³/mol. The van der Waals surface area contributed by atoms with Crippen LogP contribution in [-0.4, -0.2) is 29.0 Å². The Bertz CT molecular complexity index is 548. The molecule has 18 heavy (non-hydrogen) atoms. The second-order valence-electron chi connectivity index (χ2n) is 4.08. The SMILES string of the molecule is COC(=O)CCNCc1c(C)nc2ccccn12. The molecule has 0 unspecified atom stereocenters. The summed E-state index contributed by atoms with van der Waals surface area (Å²) >= 11 is 0. The molecule has 0 aliphatic carbocycles. The molecule has 2 aromatic heterocycles. The Morgan fingerprint density at radius 3 is 3.11 bits per heavy atom. The number of methoxy groups -OCH3 is 1. The van der Waals surface area contributed by atoms with E-state index < -0.39 is 0 Å². The molecule has 0 aliphatic heterocycles. The Morgan fingerprint density at radius 1 is 1.50 bits per heavy atom. The van der Waals surface area contributed by atoms with Gasteiger partial charge in [-0.15, -0.1) is 0 Å². The van der Waals surface area contributed by atoms with Crippen LogP contribution in [0.15, 0.2) is 24.4 Å². The third kappa shape index (κ3) is 2.68. The zero-order valence-electron chi connectivity index (χ0n) is 10.6.